The molecule has 0 spiro atoms. The van der Waals surface area contributed by atoms with Crippen molar-refractivity contribution in [3.63, 3.8) is 0 Å². The Morgan fingerprint density at radius 3 is 1.20 bits per heavy atom. The largest absolute Gasteiger partial charge is 0.478 e. The Labute approximate surface area is 541 Å². The van der Waals surface area contributed by atoms with Gasteiger partial charge in [0.05, 0.1) is 74.7 Å². The Hall–Kier alpha value is -4.60. The number of sulfonamides is 2. The molecule has 8 rings (SSSR count). The first-order valence-electron chi connectivity index (χ1n) is 29.7. The van der Waals surface area contributed by atoms with Gasteiger partial charge in [-0.25, -0.2) is 53.4 Å². The van der Waals surface area contributed by atoms with E-state index in [9.17, 15) is 26.4 Å². The summed E-state index contributed by atoms with van der Waals surface area (Å²) >= 11 is 25.7. The van der Waals surface area contributed by atoms with E-state index in [2.05, 4.69) is 40.5 Å². The Balaban J connectivity index is 0.602. The average molecular weight is 1390 g/mol. The lowest BCUT2D eigenvalue weighted by Crippen LogP contribution is -2.49. The highest BCUT2D eigenvalue weighted by Gasteiger charge is 2.43. The molecule has 4 aromatic carbocycles. The fourth-order valence-corrected chi connectivity index (χ4v) is 14.5. The average Bonchev–Trinajstić information content (AvgIpc) is 1.65. The molecule has 2 aliphatic carbocycles. The summed E-state index contributed by atoms with van der Waals surface area (Å²) < 4.78 is 153. The first-order chi connectivity index (χ1) is 43.1. The zero-order valence-electron chi connectivity index (χ0n) is 49.3. The van der Waals surface area contributed by atoms with Crippen LogP contribution in [0.15, 0.2) is 58.3 Å². The number of ether oxygens (including phenoxy) is 6. The summed E-state index contributed by atoms with van der Waals surface area (Å²) in [5.74, 6) is -6.28. The van der Waals surface area contributed by atoms with Gasteiger partial charge in [-0.3, -0.25) is 9.80 Å². The van der Waals surface area contributed by atoms with Crippen molar-refractivity contribution in [1.29, 1.82) is 0 Å². The number of nitrogens with two attached hydrogens (primary N) is 2. The number of nitrogens with one attached hydrogen (secondary N) is 6. The SMILES string of the molecule is N[C@@H]1CCCN([C@H]2Cc3c(Cl)cc(Cl)cc3[C@@H]2Oc2c(F)cc(S(=O)(=O)NCCOCCOCCNC(=O)NCCCCNC(=O)NCCOCCOCCNS(=O)(=O)c3cc(F)c(O[C@H]4c5cc(Cl)cc(Cl)c5C[C@@H]4N4CCC[C@@H](N)C4)c(F)c3)cc2F)C1. The standard InChI is InChI=1S/C58H76Cl4F4N10O12S2/c59-35-23-43-41(45(61)25-35)31-51(75-13-3-5-37(67)33-75)53(43)87-55-47(63)27-39(28-48(55)64)89(79,80)73-11-17-85-21-19-83-15-9-71-57(77)69-7-1-2-8-70-58(78)72-10-16-84-20-22-86-18-12-74-90(81,82)40-29-49(65)56(50(66)30-40)88-54-44-24-36(60)26-46(62)42(44)32-52(54)76-14-4-6-38(68)34-76/h23-30,37-38,51-54,73-74H,1-22,31-34,67-68H2,(H2,69,71,77)(H2,70,72,78)/t37-,38-,51+,52+,53+,54+/m1/s1. The molecule has 90 heavy (non-hydrogen) atoms. The number of carbonyl (C=O) groups excluding carboxylic acids is 2. The molecule has 6 atom stereocenters. The third kappa shape index (κ3) is 20.0. The summed E-state index contributed by atoms with van der Waals surface area (Å²) in [5, 5.41) is 12.2. The van der Waals surface area contributed by atoms with Crippen molar-refractivity contribution in [3.8, 4) is 11.5 Å². The lowest BCUT2D eigenvalue weighted by molar-refractivity contribution is 0.0516. The predicted octanol–water partition coefficient (Wildman–Crippen LogP) is 6.49. The van der Waals surface area contributed by atoms with Crippen molar-refractivity contribution in [2.45, 2.75) is 97.5 Å². The van der Waals surface area contributed by atoms with E-state index in [1.807, 2.05) is 0 Å². The molecule has 2 fully saturated rings. The molecule has 498 valence electrons. The normalized spacial score (nSPS) is 20.4. The van der Waals surface area contributed by atoms with Crippen molar-refractivity contribution in [2.75, 3.05) is 118 Å². The van der Waals surface area contributed by atoms with E-state index in [1.54, 1.807) is 24.3 Å². The molecule has 0 unspecified atom stereocenters. The van der Waals surface area contributed by atoms with Gasteiger partial charge in [0.2, 0.25) is 20.0 Å². The first kappa shape index (κ1) is 71.3. The van der Waals surface area contributed by atoms with Gasteiger partial charge in [0.1, 0.15) is 12.2 Å². The summed E-state index contributed by atoms with van der Waals surface area (Å²) in [6, 6.07) is 7.63. The van der Waals surface area contributed by atoms with Crippen LogP contribution in [0, 0.1) is 23.3 Å². The number of rotatable bonds is 33. The Kier molecular flexibility index (Phi) is 26.9. The van der Waals surface area contributed by atoms with Crippen LogP contribution in [0.25, 0.3) is 0 Å². The fraction of sp³-hybridized carbons (Fsp3) is 0.552. The molecule has 4 amide bonds. The number of halogens is 8. The van der Waals surface area contributed by atoms with Crippen LogP contribution >= 0.6 is 46.4 Å². The van der Waals surface area contributed by atoms with Gasteiger partial charge in [-0.2, -0.15) is 0 Å². The number of benzene rings is 4. The summed E-state index contributed by atoms with van der Waals surface area (Å²) in [7, 11) is -8.70. The van der Waals surface area contributed by atoms with E-state index in [0.717, 1.165) is 36.8 Å². The molecule has 0 saturated carbocycles. The Morgan fingerprint density at radius 1 is 0.500 bits per heavy atom. The van der Waals surface area contributed by atoms with Crippen LogP contribution in [-0.2, 0) is 51.8 Å². The van der Waals surface area contributed by atoms with Crippen LogP contribution in [0.2, 0.25) is 20.1 Å². The predicted molar refractivity (Wildman–Crippen MR) is 331 cm³/mol. The molecule has 32 heteroatoms. The van der Waals surface area contributed by atoms with Crippen molar-refractivity contribution >= 4 is 78.5 Å². The van der Waals surface area contributed by atoms with Gasteiger partial charge in [-0.05, 0) is 124 Å². The second-order valence-corrected chi connectivity index (χ2v) is 27.3. The van der Waals surface area contributed by atoms with Crippen LogP contribution in [0.3, 0.4) is 0 Å². The van der Waals surface area contributed by atoms with Gasteiger partial charge in [0, 0.05) is 95.7 Å². The van der Waals surface area contributed by atoms with Crippen molar-refractivity contribution in [2.24, 2.45) is 11.5 Å². The van der Waals surface area contributed by atoms with Crippen LogP contribution in [0.5, 0.6) is 11.5 Å². The van der Waals surface area contributed by atoms with E-state index >= 15 is 17.6 Å². The molecule has 22 nitrogen and oxygen atoms in total. The fourth-order valence-electron chi connectivity index (χ4n) is 11.3. The maximum Gasteiger partial charge on any atom is 0.314 e. The van der Waals surface area contributed by atoms with E-state index < -0.39 is 88.9 Å². The lowest BCUT2D eigenvalue weighted by atomic mass is 10.0. The Bertz CT molecular complexity index is 3080. The third-order valence-electron chi connectivity index (χ3n) is 15.6. The highest BCUT2D eigenvalue weighted by Crippen LogP contribution is 2.46. The van der Waals surface area contributed by atoms with Crippen LogP contribution in [0.1, 0.15) is 73.0 Å². The monoisotopic (exact) mass is 1380 g/mol. The summed E-state index contributed by atoms with van der Waals surface area (Å²) in [4.78, 5) is 27.3. The number of hydrogen-bond donors (Lipinski definition) is 8. The minimum atomic E-state index is -4.35. The highest BCUT2D eigenvalue weighted by atomic mass is 35.5. The van der Waals surface area contributed by atoms with Gasteiger partial charge in [0.25, 0.3) is 0 Å². The van der Waals surface area contributed by atoms with Crippen molar-refractivity contribution in [1.82, 2.24) is 40.5 Å². The smallest absolute Gasteiger partial charge is 0.314 e. The second-order valence-electron chi connectivity index (χ2n) is 22.1. The summed E-state index contributed by atoms with van der Waals surface area (Å²) in [5.41, 5.74) is 15.2. The van der Waals surface area contributed by atoms with Gasteiger partial charge in [-0.1, -0.05) is 46.4 Å². The quantitative estimate of drug-likeness (QED) is 0.0187. The van der Waals surface area contributed by atoms with Crippen LogP contribution in [-0.4, -0.2) is 181 Å². The van der Waals surface area contributed by atoms with Gasteiger partial charge in [-0.15, -0.1) is 0 Å². The molecule has 0 radical (unpaired) electrons. The topological polar surface area (TPSA) is 288 Å². The van der Waals surface area contributed by atoms with E-state index in [1.165, 1.54) is 0 Å². The molecule has 2 heterocycles. The number of urea groups is 2. The molecule has 2 saturated heterocycles. The van der Waals surface area contributed by atoms with Gasteiger partial charge >= 0.3 is 12.1 Å². The zero-order valence-corrected chi connectivity index (χ0v) is 53.9. The maximum absolute atomic E-state index is 15.6. The number of carbonyl (C=O) groups is 2. The van der Waals surface area contributed by atoms with E-state index in [4.69, 9.17) is 86.3 Å². The molecule has 0 aromatic heterocycles. The number of nitrogens with zero attached hydrogens (tertiary/aromatic N) is 2. The Morgan fingerprint density at radius 2 is 0.844 bits per heavy atom. The van der Waals surface area contributed by atoms with Gasteiger partial charge in [0.15, 0.2) is 34.8 Å². The number of likely N-dealkylation sites (tertiary alicyclic amines) is 2. The zero-order chi connectivity index (χ0) is 64.5. The first-order valence-corrected chi connectivity index (χ1v) is 34.2. The lowest BCUT2D eigenvalue weighted by Gasteiger charge is -2.38. The molecule has 10 N–H and O–H groups in total. The molecular formula is C58H76Cl4F4N10O12S2. The van der Waals surface area contributed by atoms with Crippen molar-refractivity contribution < 1.29 is 72.4 Å². The number of unbranched alkanes of at least 4 members (excludes halogenated alkanes) is 1. The van der Waals surface area contributed by atoms with E-state index in [0.29, 0.717) is 120 Å². The minimum Gasteiger partial charge on any atom is -0.478 e. The molecule has 0 bridgehead atoms. The third-order valence-corrected chi connectivity index (χ3v) is 19.5. The van der Waals surface area contributed by atoms with E-state index in [-0.39, 0.29) is 103 Å². The van der Waals surface area contributed by atoms with Gasteiger partial charge < -0.3 is 61.2 Å². The number of fused-ring (bicyclic) bond motifs is 2. The second kappa shape index (κ2) is 34.0. The number of piperidine rings is 2. The molecular weight excluding hydrogens is 1310 g/mol. The maximum atomic E-state index is 15.6. The molecule has 2 aliphatic heterocycles. The van der Waals surface area contributed by atoms with Crippen molar-refractivity contribution in [3.05, 3.63) is 114 Å². The minimum absolute atomic E-state index is 0.0722. The molecule has 4 aromatic rings. The summed E-state index contributed by atoms with van der Waals surface area (Å²) in [6.07, 6.45) is 3.70. The molecule has 4 aliphatic rings. The van der Waals surface area contributed by atoms with Crippen LogP contribution in [0.4, 0.5) is 27.2 Å². The van der Waals surface area contributed by atoms with Crippen LogP contribution < -0.4 is 51.7 Å². The number of amides is 4. The summed E-state index contributed by atoms with van der Waals surface area (Å²) in [6.45, 7) is 3.86. The highest BCUT2D eigenvalue weighted by molar-refractivity contribution is 7.89. The number of hydrogen-bond acceptors (Lipinski definition) is 16.